The van der Waals surface area contributed by atoms with Gasteiger partial charge in [-0.15, -0.1) is 0 Å². The number of hydrogen-bond donors (Lipinski definition) is 0. The predicted octanol–water partition coefficient (Wildman–Crippen LogP) is 5.35. The molecular formula is C29H43N3O3. The van der Waals surface area contributed by atoms with Crippen molar-refractivity contribution in [2.24, 2.45) is 5.41 Å². The van der Waals surface area contributed by atoms with E-state index in [1.54, 1.807) is 6.92 Å². The number of likely N-dealkylation sites (tertiary alicyclic amines) is 1. The van der Waals surface area contributed by atoms with Crippen molar-refractivity contribution in [2.75, 3.05) is 31.1 Å². The number of para-hydroxylation sites is 1. The maximum Gasteiger partial charge on any atom is 0.410 e. The quantitative estimate of drug-likeness (QED) is 0.572. The summed E-state index contributed by atoms with van der Waals surface area (Å²) >= 11 is 0. The van der Waals surface area contributed by atoms with Crippen LogP contribution in [0.15, 0.2) is 24.3 Å². The van der Waals surface area contributed by atoms with Crippen LogP contribution in [0.1, 0.15) is 84.6 Å². The molecule has 35 heavy (non-hydrogen) atoms. The van der Waals surface area contributed by atoms with Gasteiger partial charge in [-0.05, 0) is 81.5 Å². The first-order chi connectivity index (χ1) is 16.7. The summed E-state index contributed by atoms with van der Waals surface area (Å²) < 4.78 is 5.72. The van der Waals surface area contributed by atoms with E-state index in [2.05, 4.69) is 48.8 Å². The Bertz CT molecular complexity index is 931. The number of amides is 2. The highest BCUT2D eigenvalue weighted by Gasteiger charge is 2.47. The Morgan fingerprint density at radius 2 is 1.51 bits per heavy atom. The van der Waals surface area contributed by atoms with Gasteiger partial charge in [0.05, 0.1) is 6.61 Å². The Kier molecular flexibility index (Phi) is 6.62. The van der Waals surface area contributed by atoms with Gasteiger partial charge in [-0.1, -0.05) is 39.0 Å². The van der Waals surface area contributed by atoms with Crippen molar-refractivity contribution < 1.29 is 14.3 Å². The summed E-state index contributed by atoms with van der Waals surface area (Å²) in [6, 6.07) is 9.79. The number of anilines is 1. The zero-order chi connectivity index (χ0) is 24.8. The Hall–Kier alpha value is -2.08. The summed E-state index contributed by atoms with van der Waals surface area (Å²) in [5.41, 5.74) is 2.59. The zero-order valence-corrected chi connectivity index (χ0v) is 22.1. The van der Waals surface area contributed by atoms with Gasteiger partial charge in [0.25, 0.3) is 0 Å². The second-order valence-corrected chi connectivity index (χ2v) is 12.7. The number of ether oxygens (including phenoxy) is 1. The number of nitrogens with zero attached hydrogens (tertiary/aromatic N) is 3. The van der Waals surface area contributed by atoms with E-state index in [0.717, 1.165) is 76.7 Å². The summed E-state index contributed by atoms with van der Waals surface area (Å²) in [4.78, 5) is 32.1. The fourth-order valence-corrected chi connectivity index (χ4v) is 7.11. The summed E-state index contributed by atoms with van der Waals surface area (Å²) in [6.07, 6.45) is 8.83. The number of benzene rings is 1. The van der Waals surface area contributed by atoms with Gasteiger partial charge < -0.3 is 19.4 Å². The molecule has 0 radical (unpaired) electrons. The van der Waals surface area contributed by atoms with Crippen molar-refractivity contribution in [1.29, 1.82) is 0 Å². The molecule has 4 heterocycles. The zero-order valence-electron chi connectivity index (χ0n) is 22.1. The lowest BCUT2D eigenvalue weighted by atomic mass is 9.74. The molecule has 1 aromatic rings. The lowest BCUT2D eigenvalue weighted by Crippen LogP contribution is -2.51. The molecule has 4 aliphatic heterocycles. The van der Waals surface area contributed by atoms with E-state index in [1.807, 2.05) is 11.0 Å². The van der Waals surface area contributed by atoms with Crippen LogP contribution in [-0.4, -0.2) is 66.2 Å². The van der Waals surface area contributed by atoms with Crippen molar-refractivity contribution >= 4 is 17.7 Å². The van der Waals surface area contributed by atoms with Crippen LogP contribution in [0, 0.1) is 5.41 Å². The average molecular weight is 482 g/mol. The van der Waals surface area contributed by atoms with E-state index in [4.69, 9.17) is 4.74 Å². The third kappa shape index (κ3) is 4.83. The summed E-state index contributed by atoms with van der Waals surface area (Å²) in [5, 5.41) is 0. The number of carbonyl (C=O) groups is 2. The molecule has 1 spiro atoms. The van der Waals surface area contributed by atoms with Crippen molar-refractivity contribution in [2.45, 2.75) is 103 Å². The summed E-state index contributed by atoms with van der Waals surface area (Å²) in [6.45, 7) is 11.5. The van der Waals surface area contributed by atoms with Gasteiger partial charge in [0.15, 0.2) is 0 Å². The molecule has 192 valence electrons. The third-order valence-electron chi connectivity index (χ3n) is 9.00. The highest BCUT2D eigenvalue weighted by Crippen LogP contribution is 2.47. The van der Waals surface area contributed by atoms with Crippen LogP contribution in [0.3, 0.4) is 0 Å². The van der Waals surface area contributed by atoms with Crippen molar-refractivity contribution in [3.05, 3.63) is 29.8 Å². The normalized spacial score (nSPS) is 28.5. The molecule has 0 N–H and O–H groups in total. The van der Waals surface area contributed by atoms with E-state index in [9.17, 15) is 9.59 Å². The van der Waals surface area contributed by atoms with Crippen molar-refractivity contribution in [1.82, 2.24) is 9.80 Å². The summed E-state index contributed by atoms with van der Waals surface area (Å²) in [7, 11) is 0. The molecule has 2 atom stereocenters. The monoisotopic (exact) mass is 481 g/mol. The molecule has 4 aliphatic rings. The fraction of sp³-hybridized carbons (Fsp3) is 0.724. The molecule has 0 aromatic heterocycles. The largest absolute Gasteiger partial charge is 0.449 e. The van der Waals surface area contributed by atoms with Gasteiger partial charge in [0.2, 0.25) is 5.91 Å². The van der Waals surface area contributed by atoms with Crippen LogP contribution < -0.4 is 4.90 Å². The smallest absolute Gasteiger partial charge is 0.410 e. The first-order valence-corrected chi connectivity index (χ1v) is 13.7. The number of hydrogen-bond acceptors (Lipinski definition) is 4. The van der Waals surface area contributed by atoms with E-state index in [0.29, 0.717) is 24.7 Å². The van der Waals surface area contributed by atoms with Gasteiger partial charge in [0.1, 0.15) is 0 Å². The van der Waals surface area contributed by atoms with Crippen LogP contribution in [-0.2, 0) is 14.9 Å². The van der Waals surface area contributed by atoms with Crippen LogP contribution in [0.2, 0.25) is 0 Å². The van der Waals surface area contributed by atoms with E-state index >= 15 is 0 Å². The molecule has 0 aliphatic carbocycles. The number of fused-ring (bicyclic) bond motifs is 4. The average Bonchev–Trinajstić information content (AvgIpc) is 3.39. The minimum atomic E-state index is -0.0966. The standard InChI is InChI=1S/C29H43N3O3/c1-21(33)31-19-29(25-7-5-6-8-26(25)31)15-17-30(18-16-29)22-9-11-23-13-14-24(12-10-22)32(23)27(34)35-20-28(2,3)4/h5-8,22-24H,9-20H2,1-4H3. The second-order valence-electron chi connectivity index (χ2n) is 12.7. The molecule has 3 fully saturated rings. The third-order valence-corrected chi connectivity index (χ3v) is 9.00. The number of piperidine rings is 1. The Balaban J connectivity index is 1.21. The Morgan fingerprint density at radius 3 is 2.09 bits per heavy atom. The van der Waals surface area contributed by atoms with E-state index < -0.39 is 0 Å². The van der Waals surface area contributed by atoms with E-state index in [-0.39, 0.29) is 22.8 Å². The van der Waals surface area contributed by atoms with Crippen molar-refractivity contribution in [3.8, 4) is 0 Å². The molecular weight excluding hydrogens is 438 g/mol. The van der Waals surface area contributed by atoms with Gasteiger partial charge >= 0.3 is 6.09 Å². The maximum atomic E-state index is 12.9. The SMILES string of the molecule is CC(=O)N1CC2(CCN(C3CCC4CCC(CC3)N4C(=O)OCC(C)(C)C)CC2)c2ccccc21. The predicted molar refractivity (Wildman–Crippen MR) is 139 cm³/mol. The minimum Gasteiger partial charge on any atom is -0.449 e. The fourth-order valence-electron chi connectivity index (χ4n) is 7.11. The summed E-state index contributed by atoms with van der Waals surface area (Å²) in [5.74, 6) is 0.151. The minimum absolute atomic E-state index is 0.00452. The molecule has 3 saturated heterocycles. The maximum absolute atomic E-state index is 12.9. The molecule has 2 unspecified atom stereocenters. The lowest BCUT2D eigenvalue weighted by Gasteiger charge is -2.44. The number of rotatable bonds is 2. The van der Waals surface area contributed by atoms with Gasteiger partial charge in [-0.3, -0.25) is 4.79 Å². The molecule has 0 saturated carbocycles. The molecule has 1 aromatic carbocycles. The lowest BCUT2D eigenvalue weighted by molar-refractivity contribution is -0.116. The van der Waals surface area contributed by atoms with E-state index in [1.165, 1.54) is 5.56 Å². The first-order valence-electron chi connectivity index (χ1n) is 13.7. The molecule has 6 nitrogen and oxygen atoms in total. The van der Waals surface area contributed by atoms with Gasteiger partial charge in [-0.2, -0.15) is 0 Å². The Labute approximate surface area is 211 Å². The van der Waals surface area contributed by atoms with Crippen molar-refractivity contribution in [3.63, 3.8) is 0 Å². The topological polar surface area (TPSA) is 53.1 Å². The van der Waals surface area contributed by atoms with Crippen LogP contribution in [0.4, 0.5) is 10.5 Å². The molecule has 2 amide bonds. The second kappa shape index (κ2) is 9.42. The Morgan fingerprint density at radius 1 is 0.943 bits per heavy atom. The highest BCUT2D eigenvalue weighted by atomic mass is 16.6. The van der Waals surface area contributed by atoms with Crippen LogP contribution >= 0.6 is 0 Å². The van der Waals surface area contributed by atoms with Crippen LogP contribution in [0.5, 0.6) is 0 Å². The molecule has 5 rings (SSSR count). The number of carbonyl (C=O) groups excluding carboxylic acids is 2. The molecule has 2 bridgehead atoms. The first kappa shape index (κ1) is 24.6. The van der Waals surface area contributed by atoms with Crippen LogP contribution in [0.25, 0.3) is 0 Å². The van der Waals surface area contributed by atoms with Gasteiger partial charge in [0, 0.05) is 42.7 Å². The highest BCUT2D eigenvalue weighted by molar-refractivity contribution is 5.94. The molecule has 6 heteroatoms. The van der Waals surface area contributed by atoms with Gasteiger partial charge in [-0.25, -0.2) is 4.79 Å².